The zero-order chi connectivity index (χ0) is 18.4. The molecule has 1 atom stereocenters. The lowest BCUT2D eigenvalue weighted by atomic mass is 10.0. The van der Waals surface area contributed by atoms with Crippen molar-refractivity contribution in [2.24, 2.45) is 5.92 Å². The maximum Gasteiger partial charge on any atom is 0.326 e. The van der Waals surface area contributed by atoms with Crippen molar-refractivity contribution in [2.75, 3.05) is 6.54 Å². The number of amides is 2. The van der Waals surface area contributed by atoms with Gasteiger partial charge in [0, 0.05) is 18.5 Å². The highest BCUT2D eigenvalue weighted by atomic mass is 16.4. The van der Waals surface area contributed by atoms with Gasteiger partial charge in [-0.2, -0.15) is 0 Å². The molecule has 6 nitrogen and oxygen atoms in total. The molecule has 0 spiro atoms. The van der Waals surface area contributed by atoms with Crippen LogP contribution >= 0.6 is 0 Å². The first-order valence-electron chi connectivity index (χ1n) is 8.17. The maximum absolute atomic E-state index is 12.2. The molecule has 0 bridgehead atoms. The average molecular weight is 342 g/mol. The third-order valence-electron chi connectivity index (χ3n) is 3.90. The molecule has 25 heavy (non-hydrogen) atoms. The predicted molar refractivity (Wildman–Crippen MR) is 95.3 cm³/mol. The molecule has 3 N–H and O–H groups in total. The highest BCUT2D eigenvalue weighted by molar-refractivity contribution is 5.98. The molecule has 2 aromatic carbocycles. The lowest BCUT2D eigenvalue weighted by Gasteiger charge is -2.17. The van der Waals surface area contributed by atoms with Crippen LogP contribution in [-0.4, -0.2) is 35.5 Å². The van der Waals surface area contributed by atoms with Crippen molar-refractivity contribution in [1.82, 2.24) is 10.6 Å². The van der Waals surface area contributed by atoms with Crippen molar-refractivity contribution in [2.45, 2.75) is 26.3 Å². The number of carbonyl (C=O) groups excluding carboxylic acids is 2. The number of rotatable bonds is 7. The number of benzene rings is 2. The molecule has 0 fully saturated rings. The van der Waals surface area contributed by atoms with E-state index in [2.05, 4.69) is 10.6 Å². The number of carbonyl (C=O) groups is 3. The summed E-state index contributed by atoms with van der Waals surface area (Å²) < 4.78 is 0. The minimum absolute atomic E-state index is 0.0236. The minimum atomic E-state index is -1.07. The number of aliphatic carboxylic acids is 1. The topological polar surface area (TPSA) is 95.5 Å². The Morgan fingerprint density at radius 1 is 1.04 bits per heavy atom. The molecular weight excluding hydrogens is 320 g/mol. The lowest BCUT2D eigenvalue weighted by molar-refractivity contribution is -0.143. The fourth-order valence-corrected chi connectivity index (χ4v) is 2.48. The Bertz CT molecular complexity index is 786. The minimum Gasteiger partial charge on any atom is -0.480 e. The molecule has 2 rings (SSSR count). The summed E-state index contributed by atoms with van der Waals surface area (Å²) >= 11 is 0. The summed E-state index contributed by atoms with van der Waals surface area (Å²) in [6, 6.07) is 12.2. The van der Waals surface area contributed by atoms with Gasteiger partial charge in [-0.15, -0.1) is 0 Å². The zero-order valence-electron chi connectivity index (χ0n) is 14.3. The van der Waals surface area contributed by atoms with Gasteiger partial charge in [0.15, 0.2) is 0 Å². The number of fused-ring (bicyclic) bond motifs is 1. The third kappa shape index (κ3) is 5.04. The van der Waals surface area contributed by atoms with E-state index in [1.807, 2.05) is 30.3 Å². The zero-order valence-corrected chi connectivity index (χ0v) is 14.3. The summed E-state index contributed by atoms with van der Waals surface area (Å²) in [5.41, 5.74) is 0.518. The molecule has 0 saturated carbocycles. The van der Waals surface area contributed by atoms with Gasteiger partial charge < -0.3 is 15.7 Å². The Morgan fingerprint density at radius 2 is 1.72 bits per heavy atom. The number of carboxylic acids is 1. The standard InChI is InChI=1S/C19H22N2O4/c1-12(2)17(19(24)25)21-16(22)9-10-20-18(23)15-8-7-13-5-3-4-6-14(13)11-15/h3-8,11-12,17H,9-10H2,1-2H3,(H,20,23)(H,21,22)(H,24,25)/t17-/m1/s1. The van der Waals surface area contributed by atoms with Crippen LogP contribution in [0.4, 0.5) is 0 Å². The molecule has 0 aliphatic heterocycles. The molecule has 2 amide bonds. The van der Waals surface area contributed by atoms with Gasteiger partial charge in [0.1, 0.15) is 6.04 Å². The largest absolute Gasteiger partial charge is 0.480 e. The quantitative estimate of drug-likeness (QED) is 0.719. The van der Waals surface area contributed by atoms with Crippen molar-refractivity contribution < 1.29 is 19.5 Å². The average Bonchev–Trinajstić information content (AvgIpc) is 2.58. The number of hydrogen-bond acceptors (Lipinski definition) is 3. The van der Waals surface area contributed by atoms with Gasteiger partial charge in [0.05, 0.1) is 0 Å². The molecule has 2 aromatic rings. The van der Waals surface area contributed by atoms with Crippen LogP contribution in [0.2, 0.25) is 0 Å². The Kier molecular flexibility index (Phi) is 6.11. The first-order chi connectivity index (χ1) is 11.9. The second-order valence-electron chi connectivity index (χ2n) is 6.20. The second-order valence-corrected chi connectivity index (χ2v) is 6.20. The predicted octanol–water partition coefficient (Wildman–Crippen LogP) is 2.19. The number of carboxylic acid groups (broad SMARTS) is 1. The molecular formula is C19H22N2O4. The van der Waals surface area contributed by atoms with E-state index < -0.39 is 17.9 Å². The van der Waals surface area contributed by atoms with Crippen LogP contribution in [0.1, 0.15) is 30.6 Å². The van der Waals surface area contributed by atoms with E-state index in [1.165, 1.54) is 0 Å². The summed E-state index contributed by atoms with van der Waals surface area (Å²) in [5.74, 6) is -1.95. The van der Waals surface area contributed by atoms with Gasteiger partial charge >= 0.3 is 5.97 Å². The highest BCUT2D eigenvalue weighted by Crippen LogP contribution is 2.15. The van der Waals surface area contributed by atoms with Crippen LogP contribution in [0.25, 0.3) is 10.8 Å². The Labute approximate surface area is 146 Å². The van der Waals surface area contributed by atoms with Gasteiger partial charge in [-0.3, -0.25) is 9.59 Å². The normalized spacial score (nSPS) is 12.0. The Morgan fingerprint density at radius 3 is 2.36 bits per heavy atom. The van der Waals surface area contributed by atoms with Crippen molar-refractivity contribution in [3.05, 3.63) is 48.0 Å². The third-order valence-corrected chi connectivity index (χ3v) is 3.90. The molecule has 0 heterocycles. The molecule has 0 unspecified atom stereocenters. The molecule has 6 heteroatoms. The van der Waals surface area contributed by atoms with E-state index in [0.29, 0.717) is 5.56 Å². The van der Waals surface area contributed by atoms with Gasteiger partial charge in [0.25, 0.3) is 5.91 Å². The summed E-state index contributed by atoms with van der Waals surface area (Å²) in [5, 5.41) is 16.2. The summed E-state index contributed by atoms with van der Waals surface area (Å²) in [4.78, 5) is 35.1. The Balaban J connectivity index is 1.87. The van der Waals surface area contributed by atoms with E-state index in [-0.39, 0.29) is 24.8 Å². The van der Waals surface area contributed by atoms with Gasteiger partial charge in [-0.05, 0) is 28.8 Å². The lowest BCUT2D eigenvalue weighted by Crippen LogP contribution is -2.45. The van der Waals surface area contributed by atoms with E-state index in [9.17, 15) is 14.4 Å². The summed E-state index contributed by atoms with van der Waals surface area (Å²) in [7, 11) is 0. The van der Waals surface area contributed by atoms with Crippen LogP contribution in [0.15, 0.2) is 42.5 Å². The first-order valence-corrected chi connectivity index (χ1v) is 8.17. The fraction of sp³-hybridized carbons (Fsp3) is 0.316. The van der Waals surface area contributed by atoms with Crippen molar-refractivity contribution in [3.8, 4) is 0 Å². The van der Waals surface area contributed by atoms with E-state index in [0.717, 1.165) is 10.8 Å². The monoisotopic (exact) mass is 342 g/mol. The second kappa shape index (κ2) is 8.28. The van der Waals surface area contributed by atoms with Gasteiger partial charge in [-0.25, -0.2) is 4.79 Å². The molecule has 0 aliphatic carbocycles. The molecule has 0 radical (unpaired) electrons. The molecule has 0 saturated heterocycles. The van der Waals surface area contributed by atoms with E-state index in [4.69, 9.17) is 5.11 Å². The summed E-state index contributed by atoms with van der Waals surface area (Å²) in [6.07, 6.45) is 0.0236. The summed E-state index contributed by atoms with van der Waals surface area (Å²) in [6.45, 7) is 3.59. The first kappa shape index (κ1) is 18.4. The maximum atomic E-state index is 12.2. The van der Waals surface area contributed by atoms with Crippen LogP contribution < -0.4 is 10.6 Å². The van der Waals surface area contributed by atoms with Crippen LogP contribution in [0.5, 0.6) is 0 Å². The van der Waals surface area contributed by atoms with Crippen LogP contribution in [0.3, 0.4) is 0 Å². The molecule has 0 aromatic heterocycles. The fourth-order valence-electron chi connectivity index (χ4n) is 2.48. The highest BCUT2D eigenvalue weighted by Gasteiger charge is 2.23. The smallest absolute Gasteiger partial charge is 0.326 e. The van der Waals surface area contributed by atoms with Gasteiger partial charge in [-0.1, -0.05) is 44.2 Å². The van der Waals surface area contributed by atoms with Crippen LogP contribution in [0, 0.1) is 5.92 Å². The molecule has 132 valence electrons. The van der Waals surface area contributed by atoms with Crippen molar-refractivity contribution >= 4 is 28.6 Å². The van der Waals surface area contributed by atoms with E-state index in [1.54, 1.807) is 26.0 Å². The van der Waals surface area contributed by atoms with Crippen LogP contribution in [-0.2, 0) is 9.59 Å². The Hall–Kier alpha value is -2.89. The molecule has 0 aliphatic rings. The van der Waals surface area contributed by atoms with E-state index >= 15 is 0 Å². The number of hydrogen-bond donors (Lipinski definition) is 3. The van der Waals surface area contributed by atoms with Gasteiger partial charge in [0.2, 0.25) is 5.91 Å². The van der Waals surface area contributed by atoms with Crippen molar-refractivity contribution in [3.63, 3.8) is 0 Å². The SMILES string of the molecule is CC(C)[C@@H](NC(=O)CCNC(=O)c1ccc2ccccc2c1)C(=O)O. The van der Waals surface area contributed by atoms with Crippen molar-refractivity contribution in [1.29, 1.82) is 0 Å². The number of nitrogens with one attached hydrogen (secondary N) is 2.